The third kappa shape index (κ3) is 4.14. The average molecular weight is 425 g/mol. The predicted molar refractivity (Wildman–Crippen MR) is 116 cm³/mol. The molecule has 1 aromatic heterocycles. The van der Waals surface area contributed by atoms with E-state index in [9.17, 15) is 13.2 Å². The minimum Gasteiger partial charge on any atom is -0.352 e. The summed E-state index contributed by atoms with van der Waals surface area (Å²) in [6.07, 6.45) is 3.09. The van der Waals surface area contributed by atoms with Gasteiger partial charge in [-0.2, -0.15) is 0 Å². The Kier molecular flexibility index (Phi) is 5.42. The number of piperazine rings is 1. The molecule has 3 aromatic rings. The maximum atomic E-state index is 12.7. The number of nitrogens with zero attached hydrogens (tertiary/aromatic N) is 4. The molecule has 2 heterocycles. The summed E-state index contributed by atoms with van der Waals surface area (Å²) in [5.74, 6) is 0.826. The third-order valence-electron chi connectivity index (χ3n) is 5.55. The highest BCUT2D eigenvalue weighted by Gasteiger charge is 2.24. The van der Waals surface area contributed by atoms with Crippen LogP contribution in [0, 0.1) is 6.92 Å². The van der Waals surface area contributed by atoms with E-state index >= 15 is 0 Å². The third-order valence-corrected chi connectivity index (χ3v) is 6.66. The number of hydrogen-bond donors (Lipinski definition) is 0. The number of amides is 1. The Balaban J connectivity index is 1.51. The number of carbonyl (C=O) groups excluding carboxylic acids is 1. The number of carbonyl (C=O) groups is 1. The van der Waals surface area contributed by atoms with E-state index in [-0.39, 0.29) is 10.8 Å². The molecule has 8 heteroatoms. The number of hydrogen-bond acceptors (Lipinski definition) is 6. The first-order valence-electron chi connectivity index (χ1n) is 9.85. The van der Waals surface area contributed by atoms with Crippen molar-refractivity contribution < 1.29 is 13.2 Å². The minimum absolute atomic E-state index is 0.121. The zero-order valence-electron chi connectivity index (χ0n) is 17.1. The highest BCUT2D eigenvalue weighted by atomic mass is 32.2. The standard InChI is InChI=1S/C22H24N4O3S/c1-16-5-3-4-6-17(16)13-21(27)25-9-11-26(12-10-25)22-19-14-18(30(2,28)29)7-8-20(19)23-15-24-22/h3-8,14-15H,9-13H2,1-2H3. The van der Waals surface area contributed by atoms with Crippen LogP contribution in [0.15, 0.2) is 53.7 Å². The van der Waals surface area contributed by atoms with Gasteiger partial charge >= 0.3 is 0 Å². The van der Waals surface area contributed by atoms with Crippen molar-refractivity contribution in [3.05, 3.63) is 59.9 Å². The Morgan fingerprint density at radius 3 is 2.47 bits per heavy atom. The van der Waals surface area contributed by atoms with Gasteiger partial charge in [-0.15, -0.1) is 0 Å². The SMILES string of the molecule is Cc1ccccc1CC(=O)N1CCN(c2ncnc3ccc(S(C)(=O)=O)cc23)CC1. The molecule has 0 aliphatic carbocycles. The maximum Gasteiger partial charge on any atom is 0.227 e. The molecule has 0 saturated carbocycles. The molecule has 1 amide bonds. The van der Waals surface area contributed by atoms with Crippen molar-refractivity contribution in [2.75, 3.05) is 37.3 Å². The molecule has 1 aliphatic rings. The number of aryl methyl sites for hydroxylation is 1. The number of benzene rings is 2. The van der Waals surface area contributed by atoms with E-state index in [1.165, 1.54) is 12.6 Å². The quantitative estimate of drug-likeness (QED) is 0.639. The van der Waals surface area contributed by atoms with Crippen LogP contribution >= 0.6 is 0 Å². The van der Waals surface area contributed by atoms with Crippen molar-refractivity contribution >= 4 is 32.5 Å². The number of sulfone groups is 1. The normalized spacial score (nSPS) is 14.9. The molecule has 2 aromatic carbocycles. The summed E-state index contributed by atoms with van der Waals surface area (Å²) in [5.41, 5.74) is 2.88. The van der Waals surface area contributed by atoms with E-state index in [0.717, 1.165) is 11.1 Å². The first kappa shape index (κ1) is 20.3. The lowest BCUT2D eigenvalue weighted by Gasteiger charge is -2.36. The highest BCUT2D eigenvalue weighted by molar-refractivity contribution is 7.90. The summed E-state index contributed by atoms with van der Waals surface area (Å²) in [6.45, 7) is 4.49. The van der Waals surface area contributed by atoms with Crippen molar-refractivity contribution in [3.63, 3.8) is 0 Å². The van der Waals surface area contributed by atoms with Crippen LogP contribution in [-0.4, -0.2) is 61.6 Å². The molecular weight excluding hydrogens is 400 g/mol. The molecule has 0 unspecified atom stereocenters. The van der Waals surface area contributed by atoms with Crippen LogP contribution in [0.2, 0.25) is 0 Å². The molecule has 0 atom stereocenters. The second-order valence-electron chi connectivity index (χ2n) is 7.62. The van der Waals surface area contributed by atoms with Gasteiger partial charge in [-0.05, 0) is 36.2 Å². The fourth-order valence-electron chi connectivity index (χ4n) is 3.76. The Labute approximate surface area is 176 Å². The van der Waals surface area contributed by atoms with Crippen LogP contribution in [0.3, 0.4) is 0 Å². The molecule has 1 saturated heterocycles. The second kappa shape index (κ2) is 8.02. The summed E-state index contributed by atoms with van der Waals surface area (Å²) in [6, 6.07) is 12.9. The van der Waals surface area contributed by atoms with Crippen LogP contribution in [0.1, 0.15) is 11.1 Å². The molecule has 4 rings (SSSR count). The Morgan fingerprint density at radius 1 is 1.03 bits per heavy atom. The van der Waals surface area contributed by atoms with Gasteiger partial charge in [0.25, 0.3) is 0 Å². The Hall–Kier alpha value is -3.00. The first-order valence-corrected chi connectivity index (χ1v) is 11.7. The number of aromatic nitrogens is 2. The lowest BCUT2D eigenvalue weighted by molar-refractivity contribution is -0.130. The summed E-state index contributed by atoms with van der Waals surface area (Å²) in [4.78, 5) is 25.6. The van der Waals surface area contributed by atoms with Crippen molar-refractivity contribution in [2.24, 2.45) is 0 Å². The topological polar surface area (TPSA) is 83.5 Å². The molecule has 7 nitrogen and oxygen atoms in total. The van der Waals surface area contributed by atoms with Gasteiger partial charge in [-0.25, -0.2) is 18.4 Å². The van der Waals surface area contributed by atoms with E-state index in [1.54, 1.807) is 18.2 Å². The monoisotopic (exact) mass is 424 g/mol. The molecule has 0 bridgehead atoms. The van der Waals surface area contributed by atoms with Gasteiger partial charge in [0.2, 0.25) is 5.91 Å². The van der Waals surface area contributed by atoms with Crippen molar-refractivity contribution in [1.29, 1.82) is 0 Å². The number of rotatable bonds is 4. The zero-order chi connectivity index (χ0) is 21.3. The Morgan fingerprint density at radius 2 is 1.77 bits per heavy atom. The highest BCUT2D eigenvalue weighted by Crippen LogP contribution is 2.26. The molecule has 156 valence electrons. The van der Waals surface area contributed by atoms with Crippen molar-refractivity contribution in [2.45, 2.75) is 18.2 Å². The molecule has 1 aliphatic heterocycles. The van der Waals surface area contributed by atoms with E-state index in [0.29, 0.717) is 49.3 Å². The van der Waals surface area contributed by atoms with E-state index in [2.05, 4.69) is 14.9 Å². The van der Waals surface area contributed by atoms with Crippen LogP contribution in [0.4, 0.5) is 5.82 Å². The van der Waals surface area contributed by atoms with Crippen molar-refractivity contribution in [1.82, 2.24) is 14.9 Å². The van der Waals surface area contributed by atoms with Gasteiger partial charge in [-0.1, -0.05) is 24.3 Å². The first-order chi connectivity index (χ1) is 14.3. The van der Waals surface area contributed by atoms with Crippen LogP contribution < -0.4 is 4.90 Å². The lowest BCUT2D eigenvalue weighted by Crippen LogP contribution is -2.49. The molecule has 0 spiro atoms. The van der Waals surface area contributed by atoms with E-state index in [1.807, 2.05) is 36.1 Å². The fourth-order valence-corrected chi connectivity index (χ4v) is 4.40. The maximum absolute atomic E-state index is 12.7. The number of anilines is 1. The van der Waals surface area contributed by atoms with Gasteiger partial charge in [0.1, 0.15) is 12.1 Å². The molecule has 30 heavy (non-hydrogen) atoms. The fraction of sp³-hybridized carbons (Fsp3) is 0.318. The predicted octanol–water partition coefficient (Wildman–Crippen LogP) is 2.23. The molecule has 0 radical (unpaired) electrons. The molecular formula is C22H24N4O3S. The van der Waals surface area contributed by atoms with E-state index < -0.39 is 9.84 Å². The van der Waals surface area contributed by atoms with Crippen molar-refractivity contribution in [3.8, 4) is 0 Å². The summed E-state index contributed by atoms with van der Waals surface area (Å²) in [7, 11) is -3.32. The summed E-state index contributed by atoms with van der Waals surface area (Å²) >= 11 is 0. The van der Waals surface area contributed by atoms with E-state index in [4.69, 9.17) is 0 Å². The molecule has 0 N–H and O–H groups in total. The van der Waals surface area contributed by atoms with Gasteiger partial charge in [-0.3, -0.25) is 4.79 Å². The number of fused-ring (bicyclic) bond motifs is 1. The second-order valence-corrected chi connectivity index (χ2v) is 9.64. The average Bonchev–Trinajstić information content (AvgIpc) is 2.74. The van der Waals surface area contributed by atoms with Gasteiger partial charge in [0, 0.05) is 37.8 Å². The van der Waals surface area contributed by atoms with Crippen LogP contribution in [0.5, 0.6) is 0 Å². The largest absolute Gasteiger partial charge is 0.352 e. The summed E-state index contributed by atoms with van der Waals surface area (Å²) < 4.78 is 23.9. The summed E-state index contributed by atoms with van der Waals surface area (Å²) in [5, 5.41) is 0.708. The van der Waals surface area contributed by atoms with Gasteiger partial charge < -0.3 is 9.80 Å². The smallest absolute Gasteiger partial charge is 0.227 e. The zero-order valence-corrected chi connectivity index (χ0v) is 17.9. The van der Waals surface area contributed by atoms with Gasteiger partial charge in [0.05, 0.1) is 16.8 Å². The lowest BCUT2D eigenvalue weighted by atomic mass is 10.1. The minimum atomic E-state index is -3.32. The van der Waals surface area contributed by atoms with Gasteiger partial charge in [0.15, 0.2) is 9.84 Å². The van der Waals surface area contributed by atoms with Crippen LogP contribution in [0.25, 0.3) is 10.9 Å². The van der Waals surface area contributed by atoms with Crippen LogP contribution in [-0.2, 0) is 21.1 Å². The Bertz CT molecular complexity index is 1200. The molecule has 1 fully saturated rings.